The summed E-state index contributed by atoms with van der Waals surface area (Å²) < 4.78 is 1.87. The third-order valence-corrected chi connectivity index (χ3v) is 3.38. The van der Waals surface area contributed by atoms with E-state index in [1.165, 1.54) is 0 Å². The maximum atomic E-state index is 6.00. The van der Waals surface area contributed by atoms with Crippen LogP contribution in [0.15, 0.2) is 24.5 Å². The summed E-state index contributed by atoms with van der Waals surface area (Å²) in [5.74, 6) is 6.52. The van der Waals surface area contributed by atoms with Crippen molar-refractivity contribution in [3.05, 3.63) is 40.9 Å². The van der Waals surface area contributed by atoms with Gasteiger partial charge in [-0.15, -0.1) is 0 Å². The first kappa shape index (κ1) is 14.8. The number of aromatic nitrogens is 3. The van der Waals surface area contributed by atoms with Gasteiger partial charge < -0.3 is 5.73 Å². The van der Waals surface area contributed by atoms with Gasteiger partial charge in [-0.25, -0.2) is 9.67 Å². The van der Waals surface area contributed by atoms with Crippen LogP contribution in [0.3, 0.4) is 0 Å². The van der Waals surface area contributed by atoms with Crippen molar-refractivity contribution in [1.29, 1.82) is 0 Å². The summed E-state index contributed by atoms with van der Waals surface area (Å²) in [6.45, 7) is 4.11. The summed E-state index contributed by atoms with van der Waals surface area (Å²) >= 11 is 5.92. The van der Waals surface area contributed by atoms with Gasteiger partial charge in [0.1, 0.15) is 12.2 Å². The molecule has 1 atom stereocenters. The second-order valence-corrected chi connectivity index (χ2v) is 5.35. The van der Waals surface area contributed by atoms with Gasteiger partial charge in [-0.1, -0.05) is 17.7 Å². The van der Waals surface area contributed by atoms with E-state index in [0.29, 0.717) is 17.1 Å². The van der Waals surface area contributed by atoms with E-state index in [1.54, 1.807) is 18.5 Å². The van der Waals surface area contributed by atoms with Gasteiger partial charge in [-0.3, -0.25) is 11.3 Å². The standard InChI is InChI=1S/C13H19ClN6/c1-8(2)20-13(17-7-18-20)6-12(19-16)10-4-3-9(14)5-11(10)15/h3-5,7-8,12,19H,6,15-16H2,1-2H3. The van der Waals surface area contributed by atoms with Crippen LogP contribution in [0.5, 0.6) is 0 Å². The molecule has 0 saturated heterocycles. The summed E-state index contributed by atoms with van der Waals surface area (Å²) in [5.41, 5.74) is 10.3. The van der Waals surface area contributed by atoms with Gasteiger partial charge in [0.05, 0.1) is 6.04 Å². The quantitative estimate of drug-likeness (QED) is 0.444. The molecule has 1 unspecified atom stereocenters. The highest BCUT2D eigenvalue weighted by Gasteiger charge is 2.18. The van der Waals surface area contributed by atoms with Gasteiger partial charge in [0.2, 0.25) is 0 Å². The number of nitrogens with zero attached hydrogens (tertiary/aromatic N) is 3. The van der Waals surface area contributed by atoms with Crippen molar-refractivity contribution < 1.29 is 0 Å². The minimum Gasteiger partial charge on any atom is -0.398 e. The largest absolute Gasteiger partial charge is 0.398 e. The number of hydrogen-bond donors (Lipinski definition) is 3. The number of rotatable bonds is 5. The van der Waals surface area contributed by atoms with Crippen LogP contribution in [-0.2, 0) is 6.42 Å². The predicted octanol–water partition coefficient (Wildman–Crippen LogP) is 1.84. The zero-order chi connectivity index (χ0) is 14.7. The van der Waals surface area contributed by atoms with Crippen molar-refractivity contribution in [2.45, 2.75) is 32.4 Å². The van der Waals surface area contributed by atoms with E-state index in [1.807, 2.05) is 10.7 Å². The first-order valence-corrected chi connectivity index (χ1v) is 6.80. The maximum Gasteiger partial charge on any atom is 0.138 e. The molecule has 0 aliphatic heterocycles. The molecule has 0 aliphatic rings. The fourth-order valence-corrected chi connectivity index (χ4v) is 2.34. The van der Waals surface area contributed by atoms with Crippen LogP contribution >= 0.6 is 11.6 Å². The van der Waals surface area contributed by atoms with E-state index in [9.17, 15) is 0 Å². The summed E-state index contributed by atoms with van der Waals surface area (Å²) in [6.07, 6.45) is 2.15. The summed E-state index contributed by atoms with van der Waals surface area (Å²) in [7, 11) is 0. The average Bonchev–Trinajstić information content (AvgIpc) is 2.85. The molecular formula is C13H19ClN6. The topological polar surface area (TPSA) is 94.8 Å². The molecule has 20 heavy (non-hydrogen) atoms. The molecule has 0 amide bonds. The molecule has 108 valence electrons. The van der Waals surface area contributed by atoms with Crippen molar-refractivity contribution in [1.82, 2.24) is 20.2 Å². The van der Waals surface area contributed by atoms with E-state index >= 15 is 0 Å². The van der Waals surface area contributed by atoms with Crippen molar-refractivity contribution >= 4 is 17.3 Å². The lowest BCUT2D eigenvalue weighted by atomic mass is 10.0. The Kier molecular flexibility index (Phi) is 4.59. The molecule has 0 bridgehead atoms. The zero-order valence-electron chi connectivity index (χ0n) is 11.5. The number of nitrogens with one attached hydrogen (secondary N) is 1. The van der Waals surface area contributed by atoms with Crippen LogP contribution in [0.4, 0.5) is 5.69 Å². The highest BCUT2D eigenvalue weighted by Crippen LogP contribution is 2.26. The third-order valence-electron chi connectivity index (χ3n) is 3.15. The number of benzene rings is 1. The van der Waals surface area contributed by atoms with Crippen LogP contribution in [0.2, 0.25) is 5.02 Å². The lowest BCUT2D eigenvalue weighted by Gasteiger charge is -2.19. The number of hydrogen-bond acceptors (Lipinski definition) is 5. The van der Waals surface area contributed by atoms with Crippen molar-refractivity contribution in [3.8, 4) is 0 Å². The van der Waals surface area contributed by atoms with Crippen LogP contribution in [0.25, 0.3) is 0 Å². The van der Waals surface area contributed by atoms with Gasteiger partial charge in [0.25, 0.3) is 0 Å². The average molecular weight is 295 g/mol. The van der Waals surface area contributed by atoms with Crippen molar-refractivity contribution in [3.63, 3.8) is 0 Å². The number of halogens is 1. The van der Waals surface area contributed by atoms with E-state index in [0.717, 1.165) is 11.4 Å². The van der Waals surface area contributed by atoms with Crippen molar-refractivity contribution in [2.24, 2.45) is 5.84 Å². The number of nitrogen functional groups attached to an aromatic ring is 1. The molecule has 0 fully saturated rings. The van der Waals surface area contributed by atoms with Gasteiger partial charge >= 0.3 is 0 Å². The summed E-state index contributed by atoms with van der Waals surface area (Å²) in [4.78, 5) is 4.29. The first-order chi connectivity index (χ1) is 9.52. The van der Waals surface area contributed by atoms with Gasteiger partial charge in [-0.2, -0.15) is 5.10 Å². The molecule has 0 saturated carbocycles. The highest BCUT2D eigenvalue weighted by molar-refractivity contribution is 6.30. The van der Waals surface area contributed by atoms with E-state index in [4.69, 9.17) is 23.2 Å². The minimum atomic E-state index is -0.144. The van der Waals surface area contributed by atoms with Crippen LogP contribution in [-0.4, -0.2) is 14.8 Å². The summed E-state index contributed by atoms with van der Waals surface area (Å²) in [5, 5.41) is 4.82. The minimum absolute atomic E-state index is 0.144. The molecule has 2 aromatic rings. The molecule has 5 N–H and O–H groups in total. The molecule has 1 aromatic carbocycles. The van der Waals surface area contributed by atoms with E-state index in [-0.39, 0.29) is 12.1 Å². The smallest absolute Gasteiger partial charge is 0.138 e. The fourth-order valence-electron chi connectivity index (χ4n) is 2.16. The molecule has 6 nitrogen and oxygen atoms in total. The SMILES string of the molecule is CC(C)n1ncnc1CC(NN)c1ccc(Cl)cc1N. The number of nitrogens with two attached hydrogens (primary N) is 2. The molecule has 0 radical (unpaired) electrons. The zero-order valence-corrected chi connectivity index (χ0v) is 12.3. The van der Waals surface area contributed by atoms with E-state index in [2.05, 4.69) is 29.4 Å². The van der Waals surface area contributed by atoms with Gasteiger partial charge in [-0.05, 0) is 31.5 Å². The Morgan fingerprint density at radius 2 is 2.15 bits per heavy atom. The van der Waals surface area contributed by atoms with Gasteiger partial charge in [0, 0.05) is 23.2 Å². The molecule has 2 rings (SSSR count). The first-order valence-electron chi connectivity index (χ1n) is 6.42. The van der Waals surface area contributed by atoms with E-state index < -0.39 is 0 Å². The number of hydrazine groups is 1. The van der Waals surface area contributed by atoms with Crippen LogP contribution < -0.4 is 17.0 Å². The second kappa shape index (κ2) is 6.21. The molecule has 0 spiro atoms. The summed E-state index contributed by atoms with van der Waals surface area (Å²) in [6, 6.07) is 5.49. The maximum absolute atomic E-state index is 6.00. The molecule has 1 heterocycles. The number of anilines is 1. The Hall–Kier alpha value is -1.63. The predicted molar refractivity (Wildman–Crippen MR) is 80.0 cm³/mol. The Morgan fingerprint density at radius 1 is 1.40 bits per heavy atom. The Morgan fingerprint density at radius 3 is 2.75 bits per heavy atom. The lowest BCUT2D eigenvalue weighted by molar-refractivity contribution is 0.469. The van der Waals surface area contributed by atoms with Crippen molar-refractivity contribution in [2.75, 3.05) is 5.73 Å². The molecular weight excluding hydrogens is 276 g/mol. The third kappa shape index (κ3) is 3.09. The monoisotopic (exact) mass is 294 g/mol. The van der Waals surface area contributed by atoms with Crippen LogP contribution in [0.1, 0.15) is 37.3 Å². The normalized spacial score (nSPS) is 12.8. The Labute approximate surface area is 123 Å². The fraction of sp³-hybridized carbons (Fsp3) is 0.385. The highest BCUT2D eigenvalue weighted by atomic mass is 35.5. The molecule has 1 aromatic heterocycles. The Balaban J connectivity index is 2.27. The van der Waals surface area contributed by atoms with Gasteiger partial charge in [0.15, 0.2) is 0 Å². The second-order valence-electron chi connectivity index (χ2n) is 4.91. The lowest BCUT2D eigenvalue weighted by Crippen LogP contribution is -2.31. The Bertz CT molecular complexity index is 580. The molecule has 7 heteroatoms. The molecule has 0 aliphatic carbocycles. The van der Waals surface area contributed by atoms with Crippen LogP contribution in [0, 0.1) is 0 Å².